The average Bonchev–Trinajstić information content (AvgIpc) is 3.04. The van der Waals surface area contributed by atoms with Crippen LogP contribution in [-0.2, 0) is 0 Å². The van der Waals surface area contributed by atoms with Gasteiger partial charge in [0.25, 0.3) is 11.8 Å². The van der Waals surface area contributed by atoms with Gasteiger partial charge in [-0.25, -0.2) is 0 Å². The van der Waals surface area contributed by atoms with Crippen LogP contribution >= 0.6 is 0 Å². The molecule has 1 N–H and O–H groups in total. The van der Waals surface area contributed by atoms with Crippen molar-refractivity contribution in [2.75, 3.05) is 5.32 Å². The van der Waals surface area contributed by atoms with Crippen molar-refractivity contribution < 1.29 is 9.59 Å². The number of benzene rings is 1. The highest BCUT2D eigenvalue weighted by molar-refractivity contribution is 6.03. The van der Waals surface area contributed by atoms with E-state index in [2.05, 4.69) is 10.3 Å². The molecule has 0 radical (unpaired) electrons. The zero-order valence-corrected chi connectivity index (χ0v) is 12.6. The number of rotatable bonds is 3. The van der Waals surface area contributed by atoms with Gasteiger partial charge in [0.15, 0.2) is 0 Å². The van der Waals surface area contributed by atoms with Crippen molar-refractivity contribution in [1.82, 2.24) is 9.55 Å². The molecule has 0 aliphatic carbocycles. The summed E-state index contributed by atoms with van der Waals surface area (Å²) in [7, 11) is 0. The Hall–Kier alpha value is -3.21. The third kappa shape index (κ3) is 3.35. The average molecular weight is 305 g/mol. The smallest absolute Gasteiger partial charge is 0.274 e. The largest absolute Gasteiger partial charge is 0.319 e. The second-order valence-corrected chi connectivity index (χ2v) is 5.15. The number of aromatic nitrogens is 2. The van der Waals surface area contributed by atoms with E-state index < -0.39 is 0 Å². The van der Waals surface area contributed by atoms with Gasteiger partial charge >= 0.3 is 0 Å². The minimum atomic E-state index is -0.314. The number of hydrogen-bond acceptors (Lipinski definition) is 3. The Labute approximate surface area is 133 Å². The van der Waals surface area contributed by atoms with Crippen molar-refractivity contribution in [3.63, 3.8) is 0 Å². The predicted molar refractivity (Wildman–Crippen MR) is 87.5 cm³/mol. The van der Waals surface area contributed by atoms with Crippen molar-refractivity contribution in [2.45, 2.75) is 6.92 Å². The Morgan fingerprint density at radius 1 is 1.04 bits per heavy atom. The van der Waals surface area contributed by atoms with Gasteiger partial charge in [-0.3, -0.25) is 19.1 Å². The van der Waals surface area contributed by atoms with Gasteiger partial charge in [-0.05, 0) is 37.3 Å². The molecule has 0 fully saturated rings. The third-order valence-corrected chi connectivity index (χ3v) is 3.38. The van der Waals surface area contributed by atoms with Crippen LogP contribution in [0.25, 0.3) is 0 Å². The molecule has 0 atom stereocenters. The normalized spacial score (nSPS) is 10.3. The van der Waals surface area contributed by atoms with Crippen LogP contribution in [0.3, 0.4) is 0 Å². The fourth-order valence-corrected chi connectivity index (χ4v) is 2.13. The van der Waals surface area contributed by atoms with Crippen LogP contribution in [0.4, 0.5) is 5.69 Å². The summed E-state index contributed by atoms with van der Waals surface area (Å²) in [4.78, 5) is 28.4. The molecule has 2 heterocycles. The number of nitrogens with zero attached hydrogens (tertiary/aromatic N) is 2. The van der Waals surface area contributed by atoms with Crippen molar-refractivity contribution in [1.29, 1.82) is 0 Å². The molecule has 0 aliphatic heterocycles. The topological polar surface area (TPSA) is 64.0 Å². The fraction of sp³-hybridized carbons (Fsp3) is 0.0556. The fourth-order valence-electron chi connectivity index (χ4n) is 2.13. The first-order valence-corrected chi connectivity index (χ1v) is 7.15. The number of carbonyl (C=O) groups excluding carboxylic acids is 2. The van der Waals surface area contributed by atoms with Gasteiger partial charge in [-0.15, -0.1) is 0 Å². The molecule has 0 aliphatic rings. The monoisotopic (exact) mass is 305 g/mol. The van der Waals surface area contributed by atoms with Crippen LogP contribution in [0.1, 0.15) is 26.4 Å². The second kappa shape index (κ2) is 6.27. The van der Waals surface area contributed by atoms with E-state index in [1.54, 1.807) is 55.0 Å². The molecule has 0 bridgehead atoms. The van der Waals surface area contributed by atoms with Crippen molar-refractivity contribution >= 4 is 17.5 Å². The first-order valence-electron chi connectivity index (χ1n) is 7.15. The van der Waals surface area contributed by atoms with Crippen LogP contribution < -0.4 is 5.32 Å². The summed E-state index contributed by atoms with van der Waals surface area (Å²) in [5, 5.41) is 2.72. The lowest BCUT2D eigenvalue weighted by molar-refractivity contribution is 0.0958. The minimum absolute atomic E-state index is 0.150. The Kier molecular flexibility index (Phi) is 4.01. The zero-order valence-electron chi connectivity index (χ0n) is 12.6. The minimum Gasteiger partial charge on any atom is -0.319 e. The Morgan fingerprint density at radius 2 is 1.83 bits per heavy atom. The van der Waals surface area contributed by atoms with Gasteiger partial charge in [0, 0.05) is 24.2 Å². The summed E-state index contributed by atoms with van der Waals surface area (Å²) < 4.78 is 1.44. The lowest BCUT2D eigenvalue weighted by atomic mass is 10.1. The van der Waals surface area contributed by atoms with E-state index in [0.29, 0.717) is 16.9 Å². The molecule has 2 aromatic heterocycles. The molecule has 0 saturated carbocycles. The van der Waals surface area contributed by atoms with E-state index in [1.807, 2.05) is 19.1 Å². The number of carbonyl (C=O) groups is 2. The summed E-state index contributed by atoms with van der Waals surface area (Å²) in [6, 6.07) is 14.1. The number of pyridine rings is 1. The maximum Gasteiger partial charge on any atom is 0.274 e. The van der Waals surface area contributed by atoms with E-state index in [-0.39, 0.29) is 11.8 Å². The van der Waals surface area contributed by atoms with Crippen LogP contribution in [0.2, 0.25) is 0 Å². The highest BCUT2D eigenvalue weighted by atomic mass is 16.2. The molecule has 1 amide bonds. The number of anilines is 1. The molecule has 0 unspecified atom stereocenters. The van der Waals surface area contributed by atoms with Crippen LogP contribution in [-0.4, -0.2) is 21.4 Å². The Balaban J connectivity index is 1.74. The lowest BCUT2D eigenvalue weighted by Crippen LogP contribution is -2.13. The third-order valence-electron chi connectivity index (χ3n) is 3.38. The van der Waals surface area contributed by atoms with Gasteiger partial charge in [0.2, 0.25) is 0 Å². The van der Waals surface area contributed by atoms with Gasteiger partial charge in [0.05, 0.1) is 5.69 Å². The molecular weight excluding hydrogens is 290 g/mol. The summed E-state index contributed by atoms with van der Waals surface area (Å²) >= 11 is 0. The highest BCUT2D eigenvalue weighted by Crippen LogP contribution is 2.12. The molecule has 0 saturated heterocycles. The summed E-state index contributed by atoms with van der Waals surface area (Å²) in [5.41, 5.74) is 2.55. The SMILES string of the molecule is Cc1ccc(C(=O)n2ccc(NC(=O)c3ccccn3)c2)cc1. The Morgan fingerprint density at radius 3 is 2.52 bits per heavy atom. The van der Waals surface area contributed by atoms with Crippen molar-refractivity contribution in [3.05, 3.63) is 83.9 Å². The molecule has 5 nitrogen and oxygen atoms in total. The maximum absolute atomic E-state index is 12.4. The molecular formula is C18H15N3O2. The molecule has 1 aromatic carbocycles. The van der Waals surface area contributed by atoms with E-state index in [1.165, 1.54) is 4.57 Å². The number of aryl methyl sites for hydroxylation is 1. The molecule has 114 valence electrons. The van der Waals surface area contributed by atoms with Crippen LogP contribution in [0, 0.1) is 6.92 Å². The van der Waals surface area contributed by atoms with E-state index in [0.717, 1.165) is 5.56 Å². The number of nitrogens with one attached hydrogen (secondary N) is 1. The quantitative estimate of drug-likeness (QED) is 0.808. The van der Waals surface area contributed by atoms with Gasteiger partial charge in [-0.1, -0.05) is 23.8 Å². The number of hydrogen-bond donors (Lipinski definition) is 1. The van der Waals surface area contributed by atoms with Gasteiger partial charge < -0.3 is 5.32 Å². The van der Waals surface area contributed by atoms with Crippen molar-refractivity contribution in [3.8, 4) is 0 Å². The summed E-state index contributed by atoms with van der Waals surface area (Å²) in [6.45, 7) is 1.97. The molecule has 3 rings (SSSR count). The predicted octanol–water partition coefficient (Wildman–Crippen LogP) is 3.13. The van der Waals surface area contributed by atoms with Crippen molar-refractivity contribution in [2.24, 2.45) is 0 Å². The molecule has 3 aromatic rings. The van der Waals surface area contributed by atoms with Gasteiger partial charge in [0.1, 0.15) is 5.69 Å². The summed E-state index contributed by atoms with van der Waals surface area (Å²) in [6.07, 6.45) is 4.76. The maximum atomic E-state index is 12.4. The highest BCUT2D eigenvalue weighted by Gasteiger charge is 2.11. The summed E-state index contributed by atoms with van der Waals surface area (Å²) in [5.74, 6) is -0.463. The first-order chi connectivity index (χ1) is 11.1. The second-order valence-electron chi connectivity index (χ2n) is 5.15. The standard InChI is InChI=1S/C18H15N3O2/c1-13-5-7-14(8-6-13)18(23)21-11-9-15(12-21)20-17(22)16-4-2-3-10-19-16/h2-12H,1H3,(H,20,22). The molecule has 23 heavy (non-hydrogen) atoms. The van der Waals surface area contributed by atoms with E-state index in [9.17, 15) is 9.59 Å². The lowest BCUT2D eigenvalue weighted by Gasteiger charge is -2.03. The molecule has 5 heteroatoms. The van der Waals surface area contributed by atoms with E-state index >= 15 is 0 Å². The van der Waals surface area contributed by atoms with E-state index in [4.69, 9.17) is 0 Å². The van der Waals surface area contributed by atoms with Crippen LogP contribution in [0.5, 0.6) is 0 Å². The molecule has 0 spiro atoms. The van der Waals surface area contributed by atoms with Gasteiger partial charge in [-0.2, -0.15) is 0 Å². The zero-order chi connectivity index (χ0) is 16.2. The first kappa shape index (κ1) is 14.7. The Bertz CT molecular complexity index is 836. The van der Waals surface area contributed by atoms with Crippen LogP contribution in [0.15, 0.2) is 67.1 Å². The number of amides is 1.